The summed E-state index contributed by atoms with van der Waals surface area (Å²) in [6.07, 6.45) is 4.53. The van der Waals surface area contributed by atoms with Crippen LogP contribution in [0.1, 0.15) is 18.8 Å². The first-order valence-electron chi connectivity index (χ1n) is 5.20. The van der Waals surface area contributed by atoms with Gasteiger partial charge in [0.05, 0.1) is 12.4 Å². The number of nitrogen functional groups attached to an aromatic ring is 1. The zero-order valence-corrected chi connectivity index (χ0v) is 10.8. The van der Waals surface area contributed by atoms with Gasteiger partial charge in [-0.15, -0.1) is 0 Å². The molecule has 0 aromatic carbocycles. The Labute approximate surface area is 104 Å². The van der Waals surface area contributed by atoms with Crippen molar-refractivity contribution in [3.8, 4) is 0 Å². The minimum absolute atomic E-state index is 0.0309. The molecule has 2 rings (SSSR count). The van der Waals surface area contributed by atoms with Gasteiger partial charge in [0, 0.05) is 19.4 Å². The van der Waals surface area contributed by atoms with E-state index in [-0.39, 0.29) is 10.8 Å². The van der Waals surface area contributed by atoms with Crippen LogP contribution in [0.4, 0.5) is 5.82 Å². The zero-order valence-electron chi connectivity index (χ0n) is 9.95. The fourth-order valence-corrected chi connectivity index (χ4v) is 3.07. The van der Waals surface area contributed by atoms with Gasteiger partial charge in [0.1, 0.15) is 5.82 Å². The Hall–Kier alpha value is -1.87. The van der Waals surface area contributed by atoms with Gasteiger partial charge < -0.3 is 15.3 Å². The Kier molecular flexibility index (Phi) is 3.09. The number of sulfonamides is 1. The minimum Gasteiger partial charge on any atom is -0.381 e. The van der Waals surface area contributed by atoms with Crippen LogP contribution in [0.3, 0.4) is 0 Å². The smallest absolute Gasteiger partial charge is 0.260 e. The minimum atomic E-state index is -3.74. The highest BCUT2D eigenvalue weighted by atomic mass is 32.2. The second-order valence-corrected chi connectivity index (χ2v) is 5.49. The molecule has 2 heterocycles. The SMILES string of the molecule is CC(NS(=O)(=O)c1c(N)ncn1C)c1ncc[nH]1. The lowest BCUT2D eigenvalue weighted by molar-refractivity contribution is 0.552. The summed E-state index contributed by atoms with van der Waals surface area (Å²) >= 11 is 0. The first-order chi connectivity index (χ1) is 8.42. The number of aromatic nitrogens is 4. The maximum absolute atomic E-state index is 12.1. The van der Waals surface area contributed by atoms with Gasteiger partial charge in [-0.1, -0.05) is 0 Å². The summed E-state index contributed by atoms with van der Waals surface area (Å²) in [5, 5.41) is -0.0547. The van der Waals surface area contributed by atoms with Crippen LogP contribution in [0.2, 0.25) is 0 Å². The third kappa shape index (κ3) is 2.22. The molecule has 9 heteroatoms. The van der Waals surface area contributed by atoms with Crippen LogP contribution in [0.15, 0.2) is 23.7 Å². The van der Waals surface area contributed by atoms with E-state index in [0.717, 1.165) is 0 Å². The van der Waals surface area contributed by atoms with Gasteiger partial charge in [-0.3, -0.25) is 0 Å². The van der Waals surface area contributed by atoms with E-state index >= 15 is 0 Å². The van der Waals surface area contributed by atoms with Crippen molar-refractivity contribution < 1.29 is 8.42 Å². The Morgan fingerprint density at radius 3 is 2.72 bits per heavy atom. The van der Waals surface area contributed by atoms with Crippen LogP contribution in [-0.4, -0.2) is 27.9 Å². The van der Waals surface area contributed by atoms with Crippen molar-refractivity contribution in [1.82, 2.24) is 24.2 Å². The Morgan fingerprint density at radius 2 is 2.22 bits per heavy atom. The number of anilines is 1. The second-order valence-electron chi connectivity index (χ2n) is 3.86. The van der Waals surface area contributed by atoms with E-state index in [9.17, 15) is 8.42 Å². The Morgan fingerprint density at radius 1 is 1.50 bits per heavy atom. The zero-order chi connectivity index (χ0) is 13.3. The molecule has 1 unspecified atom stereocenters. The third-order valence-electron chi connectivity index (χ3n) is 2.43. The molecule has 0 aliphatic heterocycles. The van der Waals surface area contributed by atoms with Crippen molar-refractivity contribution in [2.24, 2.45) is 7.05 Å². The molecular formula is C9H14N6O2S. The normalized spacial score (nSPS) is 13.7. The van der Waals surface area contributed by atoms with Crippen LogP contribution < -0.4 is 10.5 Å². The number of nitrogens with two attached hydrogens (primary N) is 1. The van der Waals surface area contributed by atoms with E-state index in [0.29, 0.717) is 5.82 Å². The van der Waals surface area contributed by atoms with E-state index in [1.807, 2.05) is 0 Å². The molecule has 8 nitrogen and oxygen atoms in total. The summed E-state index contributed by atoms with van der Waals surface area (Å²) in [4.78, 5) is 10.6. The summed E-state index contributed by atoms with van der Waals surface area (Å²) in [7, 11) is -2.17. The molecule has 1 atom stereocenters. The molecule has 4 N–H and O–H groups in total. The summed E-state index contributed by atoms with van der Waals surface area (Å²) < 4.78 is 28.1. The second kappa shape index (κ2) is 4.42. The number of aryl methyl sites for hydroxylation is 1. The molecule has 0 saturated carbocycles. The molecule has 0 bridgehead atoms. The van der Waals surface area contributed by atoms with Gasteiger partial charge in [0.2, 0.25) is 0 Å². The van der Waals surface area contributed by atoms with Gasteiger partial charge in [-0.2, -0.15) is 4.72 Å². The van der Waals surface area contributed by atoms with Gasteiger partial charge >= 0.3 is 0 Å². The van der Waals surface area contributed by atoms with Crippen molar-refractivity contribution in [2.75, 3.05) is 5.73 Å². The monoisotopic (exact) mass is 270 g/mol. The lowest BCUT2D eigenvalue weighted by atomic mass is 10.3. The van der Waals surface area contributed by atoms with Crippen molar-refractivity contribution >= 4 is 15.8 Å². The molecule has 0 spiro atoms. The van der Waals surface area contributed by atoms with E-state index in [2.05, 4.69) is 19.7 Å². The number of nitrogens with one attached hydrogen (secondary N) is 2. The fourth-order valence-electron chi connectivity index (χ4n) is 1.62. The maximum Gasteiger partial charge on any atom is 0.260 e. The third-order valence-corrected chi connectivity index (χ3v) is 4.10. The summed E-state index contributed by atoms with van der Waals surface area (Å²) in [5.41, 5.74) is 5.55. The van der Waals surface area contributed by atoms with Crippen molar-refractivity contribution in [3.05, 3.63) is 24.5 Å². The number of rotatable bonds is 4. The highest BCUT2D eigenvalue weighted by Crippen LogP contribution is 2.18. The molecule has 0 fully saturated rings. The largest absolute Gasteiger partial charge is 0.381 e. The summed E-state index contributed by atoms with van der Waals surface area (Å²) in [5.74, 6) is 0.496. The first-order valence-corrected chi connectivity index (χ1v) is 6.68. The number of imidazole rings is 2. The molecular weight excluding hydrogens is 256 g/mol. The summed E-state index contributed by atoms with van der Waals surface area (Å²) in [6.45, 7) is 1.68. The van der Waals surface area contributed by atoms with Crippen molar-refractivity contribution in [3.63, 3.8) is 0 Å². The molecule has 98 valence electrons. The molecule has 0 aliphatic carbocycles. The quantitative estimate of drug-likeness (QED) is 0.708. The lowest BCUT2D eigenvalue weighted by Gasteiger charge is -2.12. The highest BCUT2D eigenvalue weighted by molar-refractivity contribution is 7.89. The Bertz CT molecular complexity index is 611. The average Bonchev–Trinajstić information content (AvgIpc) is 2.87. The lowest BCUT2D eigenvalue weighted by Crippen LogP contribution is -2.29. The topological polar surface area (TPSA) is 119 Å². The van der Waals surface area contributed by atoms with E-state index < -0.39 is 16.1 Å². The number of H-pyrrole nitrogens is 1. The predicted octanol–water partition coefficient (Wildman–Crippen LogP) is -0.235. The van der Waals surface area contributed by atoms with Crippen LogP contribution in [0, 0.1) is 0 Å². The first kappa shape index (κ1) is 12.6. The fraction of sp³-hybridized carbons (Fsp3) is 0.333. The number of aromatic amines is 1. The number of hydrogen-bond acceptors (Lipinski definition) is 5. The van der Waals surface area contributed by atoms with Crippen molar-refractivity contribution in [1.29, 1.82) is 0 Å². The molecule has 0 amide bonds. The maximum atomic E-state index is 12.1. The van der Waals surface area contributed by atoms with Crippen LogP contribution in [-0.2, 0) is 17.1 Å². The van der Waals surface area contributed by atoms with Crippen molar-refractivity contribution in [2.45, 2.75) is 18.0 Å². The van der Waals surface area contributed by atoms with Gasteiger partial charge in [-0.05, 0) is 6.92 Å². The van der Waals surface area contributed by atoms with Crippen LogP contribution in [0.25, 0.3) is 0 Å². The van der Waals surface area contributed by atoms with Gasteiger partial charge in [0.25, 0.3) is 10.0 Å². The molecule has 0 radical (unpaired) electrons. The predicted molar refractivity (Wildman–Crippen MR) is 64.9 cm³/mol. The molecule has 2 aromatic rings. The van der Waals surface area contributed by atoms with Crippen LogP contribution in [0.5, 0.6) is 0 Å². The van der Waals surface area contributed by atoms with E-state index in [1.54, 1.807) is 26.4 Å². The molecule has 0 aliphatic rings. The molecule has 0 saturated heterocycles. The number of nitrogens with zero attached hydrogens (tertiary/aromatic N) is 3. The average molecular weight is 270 g/mol. The highest BCUT2D eigenvalue weighted by Gasteiger charge is 2.25. The van der Waals surface area contributed by atoms with E-state index in [1.165, 1.54) is 10.9 Å². The standard InChI is InChI=1S/C9H14N6O2S/c1-6(8-11-3-4-12-8)14-18(16,17)9-7(10)13-5-15(9)2/h3-6,14H,10H2,1-2H3,(H,11,12). The van der Waals surface area contributed by atoms with Gasteiger partial charge in [0.15, 0.2) is 10.8 Å². The number of hydrogen-bond donors (Lipinski definition) is 3. The molecule has 18 heavy (non-hydrogen) atoms. The summed E-state index contributed by atoms with van der Waals surface area (Å²) in [6, 6.07) is -0.487. The van der Waals surface area contributed by atoms with Crippen LogP contribution >= 0.6 is 0 Å². The van der Waals surface area contributed by atoms with Gasteiger partial charge in [-0.25, -0.2) is 18.4 Å². The Balaban J connectivity index is 2.28. The van der Waals surface area contributed by atoms with E-state index in [4.69, 9.17) is 5.73 Å². The molecule has 2 aromatic heterocycles.